The molecule has 2 aromatic heterocycles. The predicted octanol–water partition coefficient (Wildman–Crippen LogP) is 5.13. The predicted molar refractivity (Wildman–Crippen MR) is 82.7 cm³/mol. The lowest BCUT2D eigenvalue weighted by atomic mass is 10.3. The molecule has 0 fully saturated rings. The molecule has 0 radical (unpaired) electrons. The van der Waals surface area contributed by atoms with E-state index in [9.17, 15) is 0 Å². The molecule has 0 saturated heterocycles. The van der Waals surface area contributed by atoms with Gasteiger partial charge >= 0.3 is 0 Å². The molecular weight excluding hydrogens is 384 g/mol. The number of hydrogen-bond donors (Lipinski definition) is 1. The molecule has 2 heterocycles. The van der Waals surface area contributed by atoms with Gasteiger partial charge in [-0.15, -0.1) is 22.7 Å². The summed E-state index contributed by atoms with van der Waals surface area (Å²) in [5.41, 5.74) is 7.55. The van der Waals surface area contributed by atoms with Crippen molar-refractivity contribution < 1.29 is 0 Å². The van der Waals surface area contributed by atoms with Gasteiger partial charge in [-0.3, -0.25) is 0 Å². The van der Waals surface area contributed by atoms with Crippen molar-refractivity contribution in [3.63, 3.8) is 0 Å². The van der Waals surface area contributed by atoms with E-state index in [1.165, 1.54) is 0 Å². The largest absolute Gasteiger partial charge is 0.399 e. The Morgan fingerprint density at radius 2 is 1.94 bits per heavy atom. The summed E-state index contributed by atoms with van der Waals surface area (Å²) in [6.45, 7) is 0. The van der Waals surface area contributed by atoms with E-state index in [4.69, 9.17) is 5.73 Å². The van der Waals surface area contributed by atoms with Crippen molar-refractivity contribution in [1.82, 2.24) is 4.98 Å². The van der Waals surface area contributed by atoms with Crippen LogP contribution in [-0.4, -0.2) is 4.98 Å². The normalized spacial score (nSPS) is 11.2. The van der Waals surface area contributed by atoms with Crippen molar-refractivity contribution in [1.29, 1.82) is 0 Å². The minimum Gasteiger partial charge on any atom is -0.399 e. The van der Waals surface area contributed by atoms with Gasteiger partial charge in [0.2, 0.25) is 0 Å². The van der Waals surface area contributed by atoms with Crippen LogP contribution in [0.15, 0.2) is 32.5 Å². The maximum atomic E-state index is 5.77. The van der Waals surface area contributed by atoms with Gasteiger partial charge in [-0.1, -0.05) is 0 Å². The highest BCUT2D eigenvalue weighted by atomic mass is 79.9. The summed E-state index contributed by atoms with van der Waals surface area (Å²) in [6, 6.07) is 7.89. The fourth-order valence-corrected chi connectivity index (χ4v) is 4.59. The first kappa shape index (κ1) is 11.6. The molecule has 6 heteroatoms. The molecular formula is C11H6Br2N2S2. The number of hydrogen-bond acceptors (Lipinski definition) is 4. The summed E-state index contributed by atoms with van der Waals surface area (Å²) < 4.78 is 3.28. The quantitative estimate of drug-likeness (QED) is 0.585. The van der Waals surface area contributed by atoms with Crippen LogP contribution in [0, 0.1) is 0 Å². The Bertz CT molecular complexity index is 683. The molecule has 0 aliphatic rings. The highest BCUT2D eigenvalue weighted by Crippen LogP contribution is 2.40. The van der Waals surface area contributed by atoms with Crippen LogP contribution >= 0.6 is 54.5 Å². The maximum Gasteiger partial charge on any atom is 0.134 e. The first-order chi connectivity index (χ1) is 8.13. The number of benzene rings is 1. The Labute approximate surface area is 123 Å². The van der Waals surface area contributed by atoms with Crippen LogP contribution in [0.5, 0.6) is 0 Å². The van der Waals surface area contributed by atoms with Crippen molar-refractivity contribution in [2.75, 3.05) is 5.73 Å². The maximum absolute atomic E-state index is 5.77. The molecule has 1 aromatic carbocycles. The topological polar surface area (TPSA) is 38.9 Å². The molecule has 2 N–H and O–H groups in total. The number of thiophene rings is 1. The number of rotatable bonds is 1. The number of thiazole rings is 1. The number of halogens is 2. The van der Waals surface area contributed by atoms with E-state index >= 15 is 0 Å². The monoisotopic (exact) mass is 388 g/mol. The zero-order chi connectivity index (χ0) is 12.0. The van der Waals surface area contributed by atoms with E-state index in [0.29, 0.717) is 0 Å². The molecule has 0 aliphatic heterocycles. The fraction of sp³-hybridized carbons (Fsp3) is 0. The molecule has 0 bridgehead atoms. The molecule has 0 amide bonds. The summed E-state index contributed by atoms with van der Waals surface area (Å²) in [5, 5.41) is 1.03. The van der Waals surface area contributed by atoms with Crippen molar-refractivity contribution in [3.05, 3.63) is 32.5 Å². The lowest BCUT2D eigenvalue weighted by molar-refractivity contribution is 1.50. The Balaban J connectivity index is 2.17. The van der Waals surface area contributed by atoms with Gasteiger partial charge < -0.3 is 5.73 Å². The Morgan fingerprint density at radius 3 is 2.65 bits per heavy atom. The van der Waals surface area contributed by atoms with Crippen LogP contribution in [0.4, 0.5) is 5.69 Å². The van der Waals surface area contributed by atoms with Gasteiger partial charge in [-0.2, -0.15) is 0 Å². The van der Waals surface area contributed by atoms with Crippen molar-refractivity contribution in [2.45, 2.75) is 0 Å². The second kappa shape index (κ2) is 4.35. The summed E-state index contributed by atoms with van der Waals surface area (Å²) in [7, 11) is 0. The Morgan fingerprint density at radius 1 is 1.12 bits per heavy atom. The first-order valence-corrected chi connectivity index (χ1v) is 7.96. The number of aromatic nitrogens is 1. The highest BCUT2D eigenvalue weighted by molar-refractivity contribution is 9.13. The third kappa shape index (κ3) is 2.14. The van der Waals surface area contributed by atoms with E-state index in [1.54, 1.807) is 22.7 Å². The van der Waals surface area contributed by atoms with Crippen LogP contribution in [-0.2, 0) is 0 Å². The highest BCUT2D eigenvalue weighted by Gasteiger charge is 2.11. The molecule has 17 heavy (non-hydrogen) atoms. The van der Waals surface area contributed by atoms with E-state index in [0.717, 1.165) is 34.0 Å². The number of nitrogen functional groups attached to an aromatic ring is 1. The summed E-state index contributed by atoms with van der Waals surface area (Å²) in [5.74, 6) is 0. The zero-order valence-electron chi connectivity index (χ0n) is 8.41. The van der Waals surface area contributed by atoms with Crippen molar-refractivity contribution in [2.24, 2.45) is 0 Å². The third-order valence-corrected chi connectivity index (χ3v) is 6.71. The van der Waals surface area contributed by atoms with E-state index < -0.39 is 0 Å². The van der Waals surface area contributed by atoms with Crippen LogP contribution < -0.4 is 5.73 Å². The molecule has 0 atom stereocenters. The first-order valence-electron chi connectivity index (χ1n) is 4.75. The van der Waals surface area contributed by atoms with Crippen LogP contribution in [0.25, 0.3) is 20.1 Å². The average Bonchev–Trinajstić information content (AvgIpc) is 2.83. The van der Waals surface area contributed by atoms with Gasteiger partial charge in [0.15, 0.2) is 0 Å². The van der Waals surface area contributed by atoms with E-state index in [2.05, 4.69) is 42.9 Å². The number of nitrogens with two attached hydrogens (primary N) is 1. The average molecular weight is 390 g/mol. The standard InChI is InChI=1S/C11H6Br2N2S2/c12-6-4-9(16-10(6)13)11-15-7-2-1-5(14)3-8(7)17-11/h1-4H,14H2. The molecule has 0 unspecified atom stereocenters. The van der Waals surface area contributed by atoms with Crippen LogP contribution in [0.2, 0.25) is 0 Å². The lowest BCUT2D eigenvalue weighted by Crippen LogP contribution is -1.81. The zero-order valence-corrected chi connectivity index (χ0v) is 13.2. The minimum atomic E-state index is 0.779. The number of anilines is 1. The molecule has 3 aromatic rings. The summed E-state index contributed by atoms with van der Waals surface area (Å²) in [6.07, 6.45) is 0. The second-order valence-corrected chi connectivity index (χ2v) is 7.73. The molecule has 3 rings (SSSR count). The SMILES string of the molecule is Nc1ccc2nc(-c3cc(Br)c(Br)s3)sc2c1. The van der Waals surface area contributed by atoms with E-state index in [1.807, 2.05) is 18.2 Å². The molecule has 2 nitrogen and oxygen atoms in total. The second-order valence-electron chi connectivity index (χ2n) is 3.48. The van der Waals surface area contributed by atoms with Gasteiger partial charge in [0.05, 0.1) is 18.9 Å². The minimum absolute atomic E-state index is 0.779. The van der Waals surface area contributed by atoms with Gasteiger partial charge in [0.1, 0.15) is 5.01 Å². The molecule has 0 spiro atoms. The molecule has 86 valence electrons. The lowest BCUT2D eigenvalue weighted by Gasteiger charge is -1.89. The van der Waals surface area contributed by atoms with Crippen molar-refractivity contribution >= 4 is 70.4 Å². The van der Waals surface area contributed by atoms with Gasteiger partial charge in [0, 0.05) is 10.2 Å². The Kier molecular flexibility index (Phi) is 2.98. The Hall–Kier alpha value is -0.430. The van der Waals surface area contributed by atoms with Gasteiger partial charge in [-0.05, 0) is 56.1 Å². The van der Waals surface area contributed by atoms with Crippen molar-refractivity contribution in [3.8, 4) is 9.88 Å². The van der Waals surface area contributed by atoms with Gasteiger partial charge in [-0.25, -0.2) is 4.98 Å². The fourth-order valence-electron chi connectivity index (χ4n) is 1.50. The van der Waals surface area contributed by atoms with Crippen LogP contribution in [0.1, 0.15) is 0 Å². The summed E-state index contributed by atoms with van der Waals surface area (Å²) >= 11 is 10.3. The van der Waals surface area contributed by atoms with E-state index in [-0.39, 0.29) is 0 Å². The number of nitrogens with zero attached hydrogens (tertiary/aromatic N) is 1. The molecule has 0 saturated carbocycles. The number of fused-ring (bicyclic) bond motifs is 1. The molecule has 0 aliphatic carbocycles. The smallest absolute Gasteiger partial charge is 0.134 e. The van der Waals surface area contributed by atoms with Gasteiger partial charge in [0.25, 0.3) is 0 Å². The van der Waals surface area contributed by atoms with Crippen LogP contribution in [0.3, 0.4) is 0 Å². The summed E-state index contributed by atoms with van der Waals surface area (Å²) in [4.78, 5) is 5.77. The third-order valence-electron chi connectivity index (χ3n) is 2.27.